The number of aromatic hydroxyl groups is 1. The first-order chi connectivity index (χ1) is 19.8. The summed E-state index contributed by atoms with van der Waals surface area (Å²) in [6.07, 6.45) is -1.21. The van der Waals surface area contributed by atoms with E-state index in [-0.39, 0.29) is 23.7 Å². The van der Waals surface area contributed by atoms with E-state index in [9.17, 15) is 37.5 Å². The van der Waals surface area contributed by atoms with Crippen molar-refractivity contribution in [2.75, 3.05) is 23.4 Å². The number of nitrogens with zero attached hydrogens (tertiary/aromatic N) is 4. The molecular formula is C23H24F3N7O6S3. The number of nitrogens with one attached hydrogen (secondary N) is 3. The number of anilines is 1. The largest absolute Gasteiger partial charge is 0.508 e. The van der Waals surface area contributed by atoms with Crippen LogP contribution in [-0.4, -0.2) is 101 Å². The predicted molar refractivity (Wildman–Crippen MR) is 147 cm³/mol. The number of halogens is 3. The van der Waals surface area contributed by atoms with Gasteiger partial charge in [0.1, 0.15) is 22.9 Å². The molecule has 3 unspecified atom stereocenters. The monoisotopic (exact) mass is 647 g/mol. The number of aromatic amines is 1. The number of carbonyl (C=O) groups excluding carboxylic acids is 4. The Bertz CT molecular complexity index is 1360. The number of carbonyl (C=O) groups is 4. The Hall–Kier alpha value is -3.45. The van der Waals surface area contributed by atoms with E-state index in [0.29, 0.717) is 16.4 Å². The number of rotatable bonds is 12. The van der Waals surface area contributed by atoms with Crippen LogP contribution in [0.3, 0.4) is 0 Å². The summed E-state index contributed by atoms with van der Waals surface area (Å²) in [4.78, 5) is 52.5. The second-order valence-corrected chi connectivity index (χ2v) is 12.4. The van der Waals surface area contributed by atoms with Gasteiger partial charge in [-0.05, 0) is 65.9 Å². The Morgan fingerprint density at radius 3 is 2.62 bits per heavy atom. The number of aromatic nitrogens is 4. The third-order valence-electron chi connectivity index (χ3n) is 6.05. The number of amides is 2. The Morgan fingerprint density at radius 2 is 1.98 bits per heavy atom. The number of phenolic OH excluding ortho intramolecular Hbond substituents is 1. The van der Waals surface area contributed by atoms with Crippen LogP contribution in [0.25, 0.3) is 0 Å². The maximum Gasteiger partial charge on any atom is 0.442 e. The molecule has 0 bridgehead atoms. The lowest BCUT2D eigenvalue weighted by Gasteiger charge is -2.50. The van der Waals surface area contributed by atoms with Crippen molar-refractivity contribution in [3.8, 4) is 5.75 Å². The minimum Gasteiger partial charge on any atom is -0.508 e. The van der Waals surface area contributed by atoms with Crippen LogP contribution in [0.1, 0.15) is 13.8 Å². The average molecular weight is 648 g/mol. The van der Waals surface area contributed by atoms with Gasteiger partial charge in [-0.3, -0.25) is 19.3 Å². The molecule has 1 fully saturated rings. The molecule has 0 spiro atoms. The van der Waals surface area contributed by atoms with Gasteiger partial charge in [-0.25, -0.2) is 9.89 Å². The molecule has 3 heterocycles. The summed E-state index contributed by atoms with van der Waals surface area (Å²) in [5, 5.41) is 27.1. The molecule has 2 aliphatic rings. The molecule has 1 aromatic carbocycles. The summed E-state index contributed by atoms with van der Waals surface area (Å²) in [5.74, 6) is -3.75. The van der Waals surface area contributed by atoms with E-state index >= 15 is 0 Å². The topological polar surface area (TPSA) is 179 Å². The lowest BCUT2D eigenvalue weighted by atomic mass is 10.0. The molecule has 4 N–H and O–H groups in total. The number of hydrogen-bond donors (Lipinski definition) is 4. The summed E-state index contributed by atoms with van der Waals surface area (Å²) in [6, 6.07) is 4.85. The number of β-lactam (4-membered cyclic amide) rings is 1. The summed E-state index contributed by atoms with van der Waals surface area (Å²) < 4.78 is 42.9. The zero-order valence-corrected chi connectivity index (χ0v) is 24.3. The number of fused-ring (bicyclic) bond motifs is 1. The van der Waals surface area contributed by atoms with Crippen LogP contribution < -0.4 is 10.6 Å². The number of alkyl halides is 3. The van der Waals surface area contributed by atoms with Crippen molar-refractivity contribution in [3.63, 3.8) is 0 Å². The number of esters is 1. The van der Waals surface area contributed by atoms with Crippen molar-refractivity contribution in [2.24, 2.45) is 0 Å². The van der Waals surface area contributed by atoms with Gasteiger partial charge >= 0.3 is 11.5 Å². The van der Waals surface area contributed by atoms with Crippen LogP contribution in [0.4, 0.5) is 18.9 Å². The zero-order valence-electron chi connectivity index (χ0n) is 21.9. The van der Waals surface area contributed by atoms with Gasteiger partial charge in [-0.15, -0.1) is 16.9 Å². The number of ether oxygens (including phenoxy) is 1. The molecule has 13 nitrogen and oxygen atoms in total. The molecule has 0 aliphatic carbocycles. The molecule has 2 amide bonds. The van der Waals surface area contributed by atoms with Gasteiger partial charge < -0.3 is 20.5 Å². The zero-order chi connectivity index (χ0) is 30.6. The molecule has 2 aliphatic heterocycles. The minimum atomic E-state index is -4.61. The van der Waals surface area contributed by atoms with Crippen molar-refractivity contribution in [2.45, 2.75) is 47.3 Å². The van der Waals surface area contributed by atoms with E-state index in [2.05, 4.69) is 31.3 Å². The van der Waals surface area contributed by atoms with Gasteiger partial charge in [0.25, 0.3) is 5.91 Å². The molecular weight excluding hydrogens is 623 g/mol. The molecule has 1 aromatic heterocycles. The molecule has 2 aromatic rings. The van der Waals surface area contributed by atoms with Gasteiger partial charge in [0.05, 0.1) is 12.3 Å². The average Bonchev–Trinajstić information content (AvgIpc) is 3.45. The highest BCUT2D eigenvalue weighted by atomic mass is 32.2. The number of phenols is 1. The van der Waals surface area contributed by atoms with E-state index < -0.39 is 69.4 Å². The second-order valence-electron chi connectivity index (χ2n) is 8.94. The first-order valence-corrected chi connectivity index (χ1v) is 15.1. The third-order valence-corrected chi connectivity index (χ3v) is 9.12. The molecule has 0 radical (unpaired) electrons. The maximum absolute atomic E-state index is 13.5. The second kappa shape index (κ2) is 13.2. The molecule has 42 heavy (non-hydrogen) atoms. The van der Waals surface area contributed by atoms with Crippen LogP contribution in [-0.2, 0) is 23.9 Å². The minimum absolute atomic E-state index is 0.0525. The molecule has 226 valence electrons. The number of benzene rings is 1. The van der Waals surface area contributed by atoms with Crippen LogP contribution in [0.15, 0.2) is 40.7 Å². The first-order valence-electron chi connectivity index (χ1n) is 12.2. The van der Waals surface area contributed by atoms with Gasteiger partial charge in [-0.2, -0.15) is 13.2 Å². The third kappa shape index (κ3) is 7.68. The summed E-state index contributed by atoms with van der Waals surface area (Å²) in [6.45, 7) is 2.94. The molecule has 0 saturated carbocycles. The van der Waals surface area contributed by atoms with E-state index in [1.807, 2.05) is 0 Å². The molecule has 1 saturated heterocycles. The van der Waals surface area contributed by atoms with Crippen LogP contribution in [0.5, 0.6) is 5.75 Å². The van der Waals surface area contributed by atoms with Gasteiger partial charge in [-0.1, -0.05) is 11.8 Å². The van der Waals surface area contributed by atoms with E-state index in [0.717, 1.165) is 4.90 Å². The Labute approximate surface area is 249 Å². The number of tetrazole rings is 1. The quantitative estimate of drug-likeness (QED) is 0.114. The smallest absolute Gasteiger partial charge is 0.442 e. The summed E-state index contributed by atoms with van der Waals surface area (Å²) in [5.41, 5.74) is -3.69. The molecule has 4 atom stereocenters. The standard InChI is InChI=1S/C23H24F3N7O6S3/c1-10(15(35)7-27-12-3-5-13(34)6-4-12)39-21(38)18-14(11(2)42-22-29-31-32-30-22)8-40-20-17(19(37)33(18)20)28-16(36)9-41-23(24,25)26/h3-6,10-11,17,20,27,34H,7-9H2,1-2H3,(H,28,36)(H,29,30,31,32)/t10?,11?,17?,20-/m0/s1. The van der Waals surface area contributed by atoms with Crippen LogP contribution in [0, 0.1) is 0 Å². The number of Topliss-reactive ketones (excluding diaryl/α,β-unsaturated/α-hetero) is 1. The van der Waals surface area contributed by atoms with Gasteiger partial charge in [0.15, 0.2) is 11.9 Å². The van der Waals surface area contributed by atoms with E-state index in [1.54, 1.807) is 19.1 Å². The Balaban J connectivity index is 1.48. The number of thioether (sulfide) groups is 3. The Morgan fingerprint density at radius 1 is 1.26 bits per heavy atom. The van der Waals surface area contributed by atoms with Crippen molar-refractivity contribution in [3.05, 3.63) is 35.5 Å². The molecule has 19 heteroatoms. The van der Waals surface area contributed by atoms with Crippen LogP contribution in [0.2, 0.25) is 0 Å². The fourth-order valence-electron chi connectivity index (χ4n) is 3.94. The van der Waals surface area contributed by atoms with Crippen molar-refractivity contribution >= 4 is 64.5 Å². The summed E-state index contributed by atoms with van der Waals surface area (Å²) in [7, 11) is 0. The van der Waals surface area contributed by atoms with Crippen LogP contribution >= 0.6 is 35.3 Å². The lowest BCUT2D eigenvalue weighted by molar-refractivity contribution is -0.157. The highest BCUT2D eigenvalue weighted by Gasteiger charge is 2.55. The normalized spacial score (nSPS) is 19.8. The highest BCUT2D eigenvalue weighted by Crippen LogP contribution is 2.44. The fourth-order valence-corrected chi connectivity index (χ4v) is 6.74. The van der Waals surface area contributed by atoms with Gasteiger partial charge in [0.2, 0.25) is 11.1 Å². The summed E-state index contributed by atoms with van der Waals surface area (Å²) >= 11 is 1.87. The number of ketones is 1. The molecule has 4 rings (SSSR count). The van der Waals surface area contributed by atoms with Crippen molar-refractivity contribution in [1.82, 2.24) is 30.8 Å². The van der Waals surface area contributed by atoms with Crippen molar-refractivity contribution in [1.29, 1.82) is 0 Å². The highest BCUT2D eigenvalue weighted by molar-refractivity contribution is 8.01. The first kappa shape index (κ1) is 31.5. The fraction of sp³-hybridized carbons (Fsp3) is 0.435. The van der Waals surface area contributed by atoms with E-state index in [4.69, 9.17) is 4.74 Å². The maximum atomic E-state index is 13.5. The van der Waals surface area contributed by atoms with Gasteiger partial charge in [0, 0.05) is 16.7 Å². The number of H-pyrrole nitrogens is 1. The Kier molecular flexibility index (Phi) is 9.93. The number of hydrogen-bond acceptors (Lipinski definition) is 13. The SMILES string of the molecule is CC(OC(=O)C1=C(C(C)Sc2nnn[nH]2)CS[C@H]2C(NC(=O)CSC(F)(F)F)C(=O)N12)C(=O)CNc1ccc(O)cc1. The van der Waals surface area contributed by atoms with E-state index in [1.165, 1.54) is 42.6 Å². The lowest BCUT2D eigenvalue weighted by Crippen LogP contribution is -2.71. The van der Waals surface area contributed by atoms with Crippen molar-refractivity contribution < 1.29 is 42.2 Å². The predicted octanol–water partition coefficient (Wildman–Crippen LogP) is 1.91.